The molecule has 0 aliphatic carbocycles. The van der Waals surface area contributed by atoms with E-state index in [4.69, 9.17) is 5.73 Å². The largest absolute Gasteiger partial charge is 0.368 e. The van der Waals surface area contributed by atoms with Crippen molar-refractivity contribution in [2.24, 2.45) is 11.7 Å². The Bertz CT molecular complexity index is 572. The third-order valence-corrected chi connectivity index (χ3v) is 4.04. The molecule has 6 nitrogen and oxygen atoms in total. The summed E-state index contributed by atoms with van der Waals surface area (Å²) >= 11 is 2.19. The van der Waals surface area contributed by atoms with Gasteiger partial charge in [-0.05, 0) is 46.2 Å². The average Bonchev–Trinajstić information content (AvgIpc) is 2.45. The summed E-state index contributed by atoms with van der Waals surface area (Å²) in [7, 11) is 0. The normalized spacial score (nSPS) is 13.3. The number of benzene rings is 1. The van der Waals surface area contributed by atoms with Gasteiger partial charge in [-0.25, -0.2) is 0 Å². The van der Waals surface area contributed by atoms with Gasteiger partial charge in [-0.1, -0.05) is 26.0 Å². The Morgan fingerprint density at radius 2 is 1.70 bits per heavy atom. The number of hydrogen-bond donors (Lipinski definition) is 3. The highest BCUT2D eigenvalue weighted by Crippen LogP contribution is 2.10. The number of amides is 3. The zero-order valence-corrected chi connectivity index (χ0v) is 15.6. The number of nitrogens with one attached hydrogen (secondary N) is 2. The zero-order chi connectivity index (χ0) is 17.6. The lowest BCUT2D eigenvalue weighted by Crippen LogP contribution is -2.55. The van der Waals surface area contributed by atoms with Crippen molar-refractivity contribution in [1.29, 1.82) is 0 Å². The van der Waals surface area contributed by atoms with Crippen LogP contribution in [0.4, 0.5) is 0 Å². The van der Waals surface area contributed by atoms with Crippen LogP contribution in [0.15, 0.2) is 24.3 Å². The van der Waals surface area contributed by atoms with Crippen LogP contribution in [-0.4, -0.2) is 29.8 Å². The SMILES string of the molecule is CC(=O)N[C@@H](C(=O)N[C@@H](Cc1ccc(I)cc1)C(N)=O)C(C)C. The average molecular weight is 431 g/mol. The minimum absolute atomic E-state index is 0.106. The molecule has 0 spiro atoms. The summed E-state index contributed by atoms with van der Waals surface area (Å²) in [6, 6.07) is 6.09. The fourth-order valence-electron chi connectivity index (χ4n) is 2.09. The molecule has 0 bridgehead atoms. The van der Waals surface area contributed by atoms with E-state index in [9.17, 15) is 14.4 Å². The molecule has 1 aromatic carbocycles. The number of rotatable bonds is 7. The Hall–Kier alpha value is -1.64. The van der Waals surface area contributed by atoms with E-state index in [0.717, 1.165) is 9.13 Å². The van der Waals surface area contributed by atoms with Gasteiger partial charge in [-0.15, -0.1) is 0 Å². The van der Waals surface area contributed by atoms with E-state index in [-0.39, 0.29) is 11.8 Å². The molecule has 0 aliphatic rings. The van der Waals surface area contributed by atoms with Crippen LogP contribution in [0.1, 0.15) is 26.3 Å². The molecule has 0 fully saturated rings. The molecule has 1 rings (SSSR count). The number of primary amides is 1. The molecule has 0 unspecified atom stereocenters. The first kappa shape index (κ1) is 19.4. The topological polar surface area (TPSA) is 101 Å². The van der Waals surface area contributed by atoms with Crippen molar-refractivity contribution in [3.8, 4) is 0 Å². The highest BCUT2D eigenvalue weighted by molar-refractivity contribution is 14.1. The van der Waals surface area contributed by atoms with Crippen LogP contribution in [0, 0.1) is 9.49 Å². The second kappa shape index (κ2) is 8.85. The van der Waals surface area contributed by atoms with Crippen molar-refractivity contribution in [3.63, 3.8) is 0 Å². The van der Waals surface area contributed by atoms with Crippen molar-refractivity contribution < 1.29 is 14.4 Å². The van der Waals surface area contributed by atoms with Gasteiger partial charge in [-0.3, -0.25) is 14.4 Å². The molecule has 0 radical (unpaired) electrons. The predicted molar refractivity (Wildman–Crippen MR) is 96.4 cm³/mol. The summed E-state index contributed by atoms with van der Waals surface area (Å²) in [6.07, 6.45) is 0.308. The molecule has 2 atom stereocenters. The fourth-order valence-corrected chi connectivity index (χ4v) is 2.45. The molecule has 0 aliphatic heterocycles. The van der Waals surface area contributed by atoms with Gasteiger partial charge < -0.3 is 16.4 Å². The molecule has 0 aromatic heterocycles. The van der Waals surface area contributed by atoms with Crippen molar-refractivity contribution in [1.82, 2.24) is 10.6 Å². The molecule has 23 heavy (non-hydrogen) atoms. The molecule has 0 saturated heterocycles. The van der Waals surface area contributed by atoms with Gasteiger partial charge in [0.05, 0.1) is 0 Å². The van der Waals surface area contributed by atoms with Crippen LogP contribution >= 0.6 is 22.6 Å². The highest BCUT2D eigenvalue weighted by Gasteiger charge is 2.27. The first-order valence-corrected chi connectivity index (χ1v) is 8.39. The summed E-state index contributed by atoms with van der Waals surface area (Å²) in [6.45, 7) is 4.98. The maximum atomic E-state index is 12.3. The Morgan fingerprint density at radius 3 is 2.13 bits per heavy atom. The molecular formula is C16H22IN3O3. The Morgan fingerprint density at radius 1 is 1.13 bits per heavy atom. The molecule has 0 heterocycles. The van der Waals surface area contributed by atoms with Crippen LogP contribution in [0.5, 0.6) is 0 Å². The molecule has 1 aromatic rings. The summed E-state index contributed by atoms with van der Waals surface area (Å²) < 4.78 is 1.08. The summed E-state index contributed by atoms with van der Waals surface area (Å²) in [5.41, 5.74) is 6.30. The first-order valence-electron chi connectivity index (χ1n) is 7.32. The summed E-state index contributed by atoms with van der Waals surface area (Å²) in [5, 5.41) is 5.23. The smallest absolute Gasteiger partial charge is 0.243 e. The lowest BCUT2D eigenvalue weighted by molar-refractivity contribution is -0.131. The highest BCUT2D eigenvalue weighted by atomic mass is 127. The molecule has 0 saturated carbocycles. The standard InChI is InChI=1S/C16H22IN3O3/c1-9(2)14(19-10(3)21)16(23)20-13(15(18)22)8-11-4-6-12(17)7-5-11/h4-7,9,13-14H,8H2,1-3H3,(H2,18,22)(H,19,21)(H,20,23)/t13-,14+/m0/s1. The van der Waals surface area contributed by atoms with E-state index >= 15 is 0 Å². The quantitative estimate of drug-likeness (QED) is 0.561. The van der Waals surface area contributed by atoms with Crippen LogP contribution in [0.3, 0.4) is 0 Å². The van der Waals surface area contributed by atoms with E-state index in [1.54, 1.807) is 0 Å². The molecule has 3 amide bonds. The van der Waals surface area contributed by atoms with Gasteiger partial charge in [0.1, 0.15) is 12.1 Å². The third kappa shape index (κ3) is 6.55. The lowest BCUT2D eigenvalue weighted by atomic mass is 10.0. The van der Waals surface area contributed by atoms with Crippen molar-refractivity contribution in [2.45, 2.75) is 39.3 Å². The summed E-state index contributed by atoms with van der Waals surface area (Å²) in [4.78, 5) is 35.2. The third-order valence-electron chi connectivity index (χ3n) is 3.32. The van der Waals surface area contributed by atoms with E-state index in [1.807, 2.05) is 38.1 Å². The van der Waals surface area contributed by atoms with Gasteiger partial charge in [0, 0.05) is 16.9 Å². The van der Waals surface area contributed by atoms with Gasteiger partial charge in [0.15, 0.2) is 0 Å². The first-order chi connectivity index (χ1) is 10.7. The minimum Gasteiger partial charge on any atom is -0.368 e. The minimum atomic E-state index is -0.822. The zero-order valence-electron chi connectivity index (χ0n) is 13.4. The van der Waals surface area contributed by atoms with E-state index < -0.39 is 23.9 Å². The number of carbonyl (C=O) groups is 3. The molecule has 126 valence electrons. The molecular weight excluding hydrogens is 409 g/mol. The number of halogens is 1. The maximum Gasteiger partial charge on any atom is 0.243 e. The number of hydrogen-bond acceptors (Lipinski definition) is 3. The van der Waals surface area contributed by atoms with Crippen molar-refractivity contribution in [2.75, 3.05) is 0 Å². The van der Waals surface area contributed by atoms with E-state index in [1.165, 1.54) is 6.92 Å². The Balaban J connectivity index is 2.81. The van der Waals surface area contributed by atoms with E-state index in [0.29, 0.717) is 6.42 Å². The predicted octanol–water partition coefficient (Wildman–Crippen LogP) is 0.965. The van der Waals surface area contributed by atoms with Crippen LogP contribution in [0.25, 0.3) is 0 Å². The van der Waals surface area contributed by atoms with Crippen molar-refractivity contribution in [3.05, 3.63) is 33.4 Å². The Labute approximate surface area is 149 Å². The lowest BCUT2D eigenvalue weighted by Gasteiger charge is -2.24. The van der Waals surface area contributed by atoms with Crippen LogP contribution in [0.2, 0.25) is 0 Å². The molecule has 4 N–H and O–H groups in total. The Kier molecular flexibility index (Phi) is 7.47. The van der Waals surface area contributed by atoms with Gasteiger partial charge in [-0.2, -0.15) is 0 Å². The number of nitrogens with two attached hydrogens (primary N) is 1. The fraction of sp³-hybridized carbons (Fsp3) is 0.438. The van der Waals surface area contributed by atoms with Gasteiger partial charge in [0.2, 0.25) is 17.7 Å². The second-order valence-electron chi connectivity index (χ2n) is 5.72. The monoisotopic (exact) mass is 431 g/mol. The van der Waals surface area contributed by atoms with Crippen LogP contribution in [-0.2, 0) is 20.8 Å². The molecule has 7 heteroatoms. The van der Waals surface area contributed by atoms with E-state index in [2.05, 4.69) is 33.2 Å². The van der Waals surface area contributed by atoms with Gasteiger partial charge in [0.25, 0.3) is 0 Å². The maximum absolute atomic E-state index is 12.3. The van der Waals surface area contributed by atoms with Gasteiger partial charge >= 0.3 is 0 Å². The second-order valence-corrected chi connectivity index (χ2v) is 6.96. The summed E-state index contributed by atoms with van der Waals surface area (Å²) in [5.74, 6) is -1.43. The number of carbonyl (C=O) groups excluding carboxylic acids is 3. The van der Waals surface area contributed by atoms with Crippen molar-refractivity contribution >= 4 is 40.3 Å². The van der Waals surface area contributed by atoms with Crippen LogP contribution < -0.4 is 16.4 Å².